The molecule has 0 aliphatic rings. The van der Waals surface area contributed by atoms with Gasteiger partial charge in [0.2, 0.25) is 0 Å². The van der Waals surface area contributed by atoms with Gasteiger partial charge in [-0.2, -0.15) is 0 Å². The summed E-state index contributed by atoms with van der Waals surface area (Å²) in [4.78, 5) is 18.9. The van der Waals surface area contributed by atoms with Gasteiger partial charge in [0.1, 0.15) is 0 Å². The number of hydrogen-bond donors (Lipinski definition) is 2. The molecule has 2 aromatic carbocycles. The molecule has 2 N–H and O–H groups in total. The second-order valence-corrected chi connectivity index (χ2v) is 3.49. The van der Waals surface area contributed by atoms with Crippen molar-refractivity contribution in [3.63, 3.8) is 0 Å². The zero-order valence-corrected chi connectivity index (χ0v) is 11.7. The number of nitro groups is 2. The Labute approximate surface area is 129 Å². The molecule has 0 amide bonds. The molecule has 0 heterocycles. The van der Waals surface area contributed by atoms with Crippen molar-refractivity contribution in [3.05, 3.63) is 68.8 Å². The van der Waals surface area contributed by atoms with E-state index in [1.807, 2.05) is 0 Å². The topological polar surface area (TPSA) is 127 Å². The summed E-state index contributed by atoms with van der Waals surface area (Å²) in [5.74, 6) is -0.597. The molecule has 0 aliphatic heterocycles. The first-order valence-electron chi connectivity index (χ1n) is 5.28. The molecule has 0 radical (unpaired) electrons. The van der Waals surface area contributed by atoms with Gasteiger partial charge in [0, 0.05) is 29.5 Å². The van der Waals surface area contributed by atoms with E-state index in [2.05, 4.69) is 0 Å². The Balaban J connectivity index is 0.000000364. The van der Waals surface area contributed by atoms with Crippen molar-refractivity contribution in [2.45, 2.75) is 0 Å². The van der Waals surface area contributed by atoms with Crippen molar-refractivity contribution in [2.24, 2.45) is 0 Å². The van der Waals surface area contributed by atoms with Crippen LogP contribution >= 0.6 is 0 Å². The second-order valence-electron chi connectivity index (χ2n) is 3.49. The molecule has 0 aromatic heterocycles. The van der Waals surface area contributed by atoms with Crippen molar-refractivity contribution in [1.82, 2.24) is 0 Å². The van der Waals surface area contributed by atoms with E-state index in [9.17, 15) is 20.2 Å². The summed E-state index contributed by atoms with van der Waals surface area (Å²) in [5.41, 5.74) is -0.523. The molecule has 8 nitrogen and oxygen atoms in total. The van der Waals surface area contributed by atoms with Crippen LogP contribution in [0.5, 0.6) is 11.5 Å². The van der Waals surface area contributed by atoms with Crippen molar-refractivity contribution >= 4 is 11.4 Å². The molecule has 110 valence electrons. The first kappa shape index (κ1) is 18.4. The van der Waals surface area contributed by atoms with E-state index < -0.39 is 9.85 Å². The number of benzene rings is 2. The molecule has 2 aromatic rings. The van der Waals surface area contributed by atoms with Crippen LogP contribution in [0.25, 0.3) is 0 Å². The first-order chi connectivity index (χ1) is 9.43. The van der Waals surface area contributed by atoms with Crippen molar-refractivity contribution in [3.8, 4) is 11.5 Å². The average Bonchev–Trinajstić information content (AvgIpc) is 2.40. The fourth-order valence-corrected chi connectivity index (χ4v) is 1.24. The molecule has 0 unspecified atom stereocenters. The third-order valence-electron chi connectivity index (χ3n) is 2.16. The van der Waals surface area contributed by atoms with Gasteiger partial charge >= 0.3 is 11.4 Å². The molecular formula is C12H10CrN2O6. The smallest absolute Gasteiger partial charge is 0.310 e. The number of nitrogens with zero attached hydrogens (tertiary/aromatic N) is 2. The van der Waals surface area contributed by atoms with E-state index in [-0.39, 0.29) is 40.2 Å². The average molecular weight is 330 g/mol. The number of phenols is 2. The van der Waals surface area contributed by atoms with Gasteiger partial charge in [0.15, 0.2) is 11.5 Å². The van der Waals surface area contributed by atoms with Gasteiger partial charge in [-0.15, -0.1) is 0 Å². The van der Waals surface area contributed by atoms with E-state index in [0.29, 0.717) is 0 Å². The fraction of sp³-hybridized carbons (Fsp3) is 0. The van der Waals surface area contributed by atoms with Crippen LogP contribution in [0.1, 0.15) is 0 Å². The second kappa shape index (κ2) is 8.52. The van der Waals surface area contributed by atoms with Crippen LogP contribution < -0.4 is 0 Å². The SMILES string of the molecule is O=[N+]([O-])c1ccccc1O.O=[N+]([O-])c1ccccc1O.[Cr]. The predicted octanol–water partition coefficient (Wildman–Crippen LogP) is 2.60. The molecule has 21 heavy (non-hydrogen) atoms. The molecule has 0 bridgehead atoms. The third kappa shape index (κ3) is 5.48. The standard InChI is InChI=1S/2C6H5NO3.Cr/c2*8-6-4-2-1-3-5(6)7(9)10;/h2*1-4,8H;. The summed E-state index contributed by atoms with van der Waals surface area (Å²) in [6, 6.07) is 11.1. The third-order valence-corrected chi connectivity index (χ3v) is 2.16. The minimum absolute atomic E-state index is 0. The molecule has 0 aliphatic carbocycles. The molecule has 0 spiro atoms. The van der Waals surface area contributed by atoms with Gasteiger partial charge in [-0.3, -0.25) is 20.2 Å². The van der Waals surface area contributed by atoms with Crippen LogP contribution in [0.4, 0.5) is 11.4 Å². The van der Waals surface area contributed by atoms with Gasteiger partial charge in [-0.05, 0) is 12.1 Å². The van der Waals surface area contributed by atoms with Crippen LogP contribution in [-0.4, -0.2) is 20.1 Å². The predicted molar refractivity (Wildman–Crippen MR) is 69.5 cm³/mol. The summed E-state index contributed by atoms with van der Waals surface area (Å²) < 4.78 is 0. The Hall–Kier alpha value is -2.63. The maximum atomic E-state index is 10.1. The van der Waals surface area contributed by atoms with Gasteiger partial charge in [-0.1, -0.05) is 24.3 Å². The van der Waals surface area contributed by atoms with E-state index in [1.165, 1.54) is 48.5 Å². The minimum Gasteiger partial charge on any atom is -0.502 e. The molecule has 9 heteroatoms. The largest absolute Gasteiger partial charge is 0.502 e. The van der Waals surface area contributed by atoms with Crippen molar-refractivity contribution in [2.75, 3.05) is 0 Å². The van der Waals surface area contributed by atoms with Crippen LogP contribution in [0, 0.1) is 20.2 Å². The van der Waals surface area contributed by atoms with Gasteiger partial charge < -0.3 is 10.2 Å². The molecule has 0 atom stereocenters. The van der Waals surface area contributed by atoms with Crippen LogP contribution in [0.15, 0.2) is 48.5 Å². The summed E-state index contributed by atoms with van der Waals surface area (Å²) in [6.07, 6.45) is 0. The minimum atomic E-state index is -0.630. The zero-order valence-electron chi connectivity index (χ0n) is 10.4. The quantitative estimate of drug-likeness (QED) is 0.643. The van der Waals surface area contributed by atoms with Gasteiger partial charge in [-0.25, -0.2) is 0 Å². The fourth-order valence-electron chi connectivity index (χ4n) is 1.24. The Kier molecular flexibility index (Phi) is 7.46. The van der Waals surface area contributed by atoms with Gasteiger partial charge in [0.25, 0.3) is 0 Å². The Morgan fingerprint density at radius 1 is 0.714 bits per heavy atom. The molecule has 0 saturated heterocycles. The molecular weight excluding hydrogens is 320 g/mol. The van der Waals surface area contributed by atoms with E-state index in [1.54, 1.807) is 0 Å². The van der Waals surface area contributed by atoms with Crippen LogP contribution in [0.3, 0.4) is 0 Å². The first-order valence-corrected chi connectivity index (χ1v) is 5.28. The summed E-state index contributed by atoms with van der Waals surface area (Å²) in [7, 11) is 0. The van der Waals surface area contributed by atoms with E-state index in [4.69, 9.17) is 10.2 Å². The number of aromatic hydroxyl groups is 2. The number of para-hydroxylation sites is 4. The maximum Gasteiger partial charge on any atom is 0.310 e. The van der Waals surface area contributed by atoms with Crippen molar-refractivity contribution < 1.29 is 37.4 Å². The number of phenolic OH excluding ortho intramolecular Hbond substituents is 2. The molecule has 2 rings (SSSR count). The summed E-state index contributed by atoms with van der Waals surface area (Å²) in [5, 5.41) is 37.8. The maximum absolute atomic E-state index is 10.1. The van der Waals surface area contributed by atoms with E-state index in [0.717, 1.165) is 0 Å². The summed E-state index contributed by atoms with van der Waals surface area (Å²) in [6.45, 7) is 0. The monoisotopic (exact) mass is 330 g/mol. The molecule has 0 fully saturated rings. The van der Waals surface area contributed by atoms with Crippen LogP contribution in [-0.2, 0) is 17.4 Å². The number of nitro benzene ring substituents is 2. The molecule has 0 saturated carbocycles. The van der Waals surface area contributed by atoms with Gasteiger partial charge in [0.05, 0.1) is 9.85 Å². The zero-order chi connectivity index (χ0) is 15.1. The summed E-state index contributed by atoms with van der Waals surface area (Å²) >= 11 is 0. The number of hydrogen-bond acceptors (Lipinski definition) is 6. The van der Waals surface area contributed by atoms with E-state index >= 15 is 0 Å². The Bertz CT molecular complexity index is 579. The Morgan fingerprint density at radius 2 is 1.00 bits per heavy atom. The number of rotatable bonds is 2. The Morgan fingerprint density at radius 3 is 1.19 bits per heavy atom. The van der Waals surface area contributed by atoms with Crippen LogP contribution in [0.2, 0.25) is 0 Å². The normalized spacial score (nSPS) is 8.76. The van der Waals surface area contributed by atoms with Crippen molar-refractivity contribution in [1.29, 1.82) is 0 Å².